The molecule has 3 atom stereocenters. The Morgan fingerprint density at radius 3 is 2.61 bits per heavy atom. The lowest BCUT2D eigenvalue weighted by Gasteiger charge is -2.31. The van der Waals surface area contributed by atoms with Crippen molar-refractivity contribution in [3.05, 3.63) is 35.4 Å². The van der Waals surface area contributed by atoms with Crippen LogP contribution in [0.1, 0.15) is 62.2 Å². The SMILES string of the molecule is NCC1CCCC(C(O)c2ccc(CCCCC(N)=O)cc2)C1. The van der Waals surface area contributed by atoms with E-state index in [1.807, 2.05) is 12.1 Å². The van der Waals surface area contributed by atoms with E-state index in [1.165, 1.54) is 18.4 Å². The lowest BCUT2D eigenvalue weighted by Crippen LogP contribution is -2.26. The average molecular weight is 318 g/mol. The molecule has 1 amide bonds. The molecule has 4 heteroatoms. The molecular weight excluding hydrogens is 288 g/mol. The number of benzene rings is 1. The second kappa shape index (κ2) is 9.04. The molecule has 4 nitrogen and oxygen atoms in total. The smallest absolute Gasteiger partial charge is 0.217 e. The van der Waals surface area contributed by atoms with Gasteiger partial charge in [-0.05, 0) is 68.0 Å². The molecule has 0 saturated heterocycles. The molecular formula is C19H30N2O2. The van der Waals surface area contributed by atoms with Crippen molar-refractivity contribution in [3.8, 4) is 0 Å². The zero-order chi connectivity index (χ0) is 16.7. The van der Waals surface area contributed by atoms with E-state index in [4.69, 9.17) is 11.5 Å². The molecule has 0 bridgehead atoms. The molecule has 0 heterocycles. The Kier molecular flexibility index (Phi) is 7.06. The minimum Gasteiger partial charge on any atom is -0.388 e. The van der Waals surface area contributed by atoms with Crippen LogP contribution in [0.2, 0.25) is 0 Å². The van der Waals surface area contributed by atoms with Crippen LogP contribution in [0.25, 0.3) is 0 Å². The highest BCUT2D eigenvalue weighted by molar-refractivity contribution is 5.73. The maximum atomic E-state index is 10.7. The van der Waals surface area contributed by atoms with Crippen LogP contribution in [0, 0.1) is 11.8 Å². The fourth-order valence-electron chi connectivity index (χ4n) is 3.62. The molecule has 0 aliphatic heterocycles. The fraction of sp³-hybridized carbons (Fsp3) is 0.632. The van der Waals surface area contributed by atoms with Gasteiger partial charge in [0.25, 0.3) is 0 Å². The number of carbonyl (C=O) groups is 1. The number of rotatable bonds is 8. The highest BCUT2D eigenvalue weighted by Gasteiger charge is 2.27. The maximum Gasteiger partial charge on any atom is 0.217 e. The molecule has 23 heavy (non-hydrogen) atoms. The number of aliphatic hydroxyl groups is 1. The molecule has 2 rings (SSSR count). The summed E-state index contributed by atoms with van der Waals surface area (Å²) in [5.41, 5.74) is 13.2. The lowest BCUT2D eigenvalue weighted by molar-refractivity contribution is -0.118. The van der Waals surface area contributed by atoms with Crippen molar-refractivity contribution in [1.29, 1.82) is 0 Å². The van der Waals surface area contributed by atoms with Crippen molar-refractivity contribution in [1.82, 2.24) is 0 Å². The number of aliphatic hydroxyl groups excluding tert-OH is 1. The molecule has 0 radical (unpaired) electrons. The van der Waals surface area contributed by atoms with Gasteiger partial charge < -0.3 is 16.6 Å². The Labute approximate surface area is 139 Å². The zero-order valence-corrected chi connectivity index (χ0v) is 13.9. The van der Waals surface area contributed by atoms with Gasteiger partial charge >= 0.3 is 0 Å². The Morgan fingerprint density at radius 2 is 1.96 bits per heavy atom. The molecule has 3 unspecified atom stereocenters. The maximum absolute atomic E-state index is 10.7. The van der Waals surface area contributed by atoms with E-state index >= 15 is 0 Å². The summed E-state index contributed by atoms with van der Waals surface area (Å²) in [4.78, 5) is 10.7. The number of carbonyl (C=O) groups excluding carboxylic acids is 1. The Bertz CT molecular complexity index is 487. The van der Waals surface area contributed by atoms with Gasteiger partial charge in [0.05, 0.1) is 6.10 Å². The van der Waals surface area contributed by atoms with Crippen LogP contribution in [0.5, 0.6) is 0 Å². The summed E-state index contributed by atoms with van der Waals surface area (Å²) in [6.45, 7) is 0.730. The van der Waals surface area contributed by atoms with Crippen molar-refractivity contribution < 1.29 is 9.90 Å². The van der Waals surface area contributed by atoms with Gasteiger partial charge in [-0.1, -0.05) is 30.7 Å². The van der Waals surface area contributed by atoms with Crippen LogP contribution < -0.4 is 11.5 Å². The zero-order valence-electron chi connectivity index (χ0n) is 13.9. The molecule has 1 aromatic carbocycles. The van der Waals surface area contributed by atoms with Crippen molar-refractivity contribution in [2.45, 2.75) is 57.5 Å². The standard InChI is InChI=1S/C19H30N2O2/c20-13-15-5-3-6-17(12-15)19(23)16-10-8-14(9-11-16)4-1-2-7-18(21)22/h8-11,15,17,19,23H,1-7,12-13,20H2,(H2,21,22). The molecule has 5 N–H and O–H groups in total. The molecule has 128 valence electrons. The summed E-state index contributed by atoms with van der Waals surface area (Å²) in [6.07, 6.45) is 7.31. The van der Waals surface area contributed by atoms with Gasteiger partial charge in [0.15, 0.2) is 0 Å². The number of hydrogen-bond donors (Lipinski definition) is 3. The summed E-state index contributed by atoms with van der Waals surface area (Å²) < 4.78 is 0. The van der Waals surface area contributed by atoms with E-state index in [0.29, 0.717) is 18.3 Å². The van der Waals surface area contributed by atoms with Gasteiger partial charge in [-0.2, -0.15) is 0 Å². The van der Waals surface area contributed by atoms with E-state index in [9.17, 15) is 9.90 Å². The van der Waals surface area contributed by atoms with Crippen molar-refractivity contribution in [3.63, 3.8) is 0 Å². The largest absolute Gasteiger partial charge is 0.388 e. The van der Waals surface area contributed by atoms with Crippen molar-refractivity contribution >= 4 is 5.91 Å². The van der Waals surface area contributed by atoms with Crippen LogP contribution in [0.4, 0.5) is 0 Å². The van der Waals surface area contributed by atoms with Gasteiger partial charge in [0.1, 0.15) is 0 Å². The minimum absolute atomic E-state index is 0.230. The van der Waals surface area contributed by atoms with Gasteiger partial charge in [-0.3, -0.25) is 4.79 Å². The highest BCUT2D eigenvalue weighted by atomic mass is 16.3. The second-order valence-corrected chi connectivity index (χ2v) is 6.89. The molecule has 1 aromatic rings. The van der Waals surface area contributed by atoms with Crippen LogP contribution in [0.15, 0.2) is 24.3 Å². The third-order valence-electron chi connectivity index (χ3n) is 5.06. The van der Waals surface area contributed by atoms with E-state index in [0.717, 1.165) is 44.2 Å². The number of amides is 1. The summed E-state index contributed by atoms with van der Waals surface area (Å²) in [7, 11) is 0. The normalized spacial score (nSPS) is 22.7. The van der Waals surface area contributed by atoms with Crippen LogP contribution in [0.3, 0.4) is 0 Å². The van der Waals surface area contributed by atoms with E-state index in [1.54, 1.807) is 0 Å². The first-order valence-electron chi connectivity index (χ1n) is 8.85. The first kappa shape index (κ1) is 18.0. The van der Waals surface area contributed by atoms with Crippen LogP contribution in [-0.2, 0) is 11.2 Å². The lowest BCUT2D eigenvalue weighted by atomic mass is 9.77. The minimum atomic E-state index is -0.381. The average Bonchev–Trinajstić information content (AvgIpc) is 2.58. The van der Waals surface area contributed by atoms with Gasteiger partial charge in [-0.15, -0.1) is 0 Å². The first-order chi connectivity index (χ1) is 11.1. The monoisotopic (exact) mass is 318 g/mol. The molecule has 0 aromatic heterocycles. The number of hydrogen-bond acceptors (Lipinski definition) is 3. The highest BCUT2D eigenvalue weighted by Crippen LogP contribution is 2.36. The third-order valence-corrected chi connectivity index (χ3v) is 5.06. The number of aryl methyl sites for hydroxylation is 1. The summed E-state index contributed by atoms with van der Waals surface area (Å²) in [6, 6.07) is 8.26. The van der Waals surface area contributed by atoms with E-state index in [2.05, 4.69) is 12.1 Å². The summed E-state index contributed by atoms with van der Waals surface area (Å²) in [5.74, 6) is 0.665. The first-order valence-corrected chi connectivity index (χ1v) is 8.85. The number of unbranched alkanes of at least 4 members (excludes halogenated alkanes) is 1. The fourth-order valence-corrected chi connectivity index (χ4v) is 3.62. The summed E-state index contributed by atoms with van der Waals surface area (Å²) in [5, 5.41) is 10.6. The Hall–Kier alpha value is -1.39. The van der Waals surface area contributed by atoms with Gasteiger partial charge in [-0.25, -0.2) is 0 Å². The molecule has 1 fully saturated rings. The van der Waals surface area contributed by atoms with Gasteiger partial charge in [0.2, 0.25) is 5.91 Å². The summed E-state index contributed by atoms with van der Waals surface area (Å²) >= 11 is 0. The molecule has 1 aliphatic rings. The van der Waals surface area contributed by atoms with Gasteiger partial charge in [0, 0.05) is 6.42 Å². The van der Waals surface area contributed by atoms with Crippen LogP contribution >= 0.6 is 0 Å². The predicted octanol–water partition coefficient (Wildman–Crippen LogP) is 2.68. The quantitative estimate of drug-likeness (QED) is 0.644. The van der Waals surface area contributed by atoms with E-state index < -0.39 is 0 Å². The third kappa shape index (κ3) is 5.63. The topological polar surface area (TPSA) is 89.3 Å². The van der Waals surface area contributed by atoms with Crippen molar-refractivity contribution in [2.24, 2.45) is 23.3 Å². The molecule has 1 aliphatic carbocycles. The predicted molar refractivity (Wildman–Crippen MR) is 92.7 cm³/mol. The molecule has 0 spiro atoms. The Balaban J connectivity index is 1.84. The Morgan fingerprint density at radius 1 is 1.22 bits per heavy atom. The second-order valence-electron chi connectivity index (χ2n) is 6.89. The van der Waals surface area contributed by atoms with E-state index in [-0.39, 0.29) is 12.0 Å². The number of nitrogens with two attached hydrogens (primary N) is 2. The van der Waals surface area contributed by atoms with Crippen LogP contribution in [-0.4, -0.2) is 17.6 Å². The molecule has 1 saturated carbocycles. The number of primary amides is 1. The van der Waals surface area contributed by atoms with Crippen molar-refractivity contribution in [2.75, 3.05) is 6.54 Å².